The average molecular weight is 213 g/mol. The summed E-state index contributed by atoms with van der Waals surface area (Å²) in [6.45, 7) is 9.42. The van der Waals surface area contributed by atoms with Crippen molar-refractivity contribution in [2.75, 3.05) is 26.2 Å². The van der Waals surface area contributed by atoms with Gasteiger partial charge in [0.15, 0.2) is 0 Å². The van der Waals surface area contributed by atoms with E-state index in [1.54, 1.807) is 0 Å². The fraction of sp³-hybridized carbons (Fsp3) is 0.909. The first-order valence-corrected chi connectivity index (χ1v) is 5.82. The Morgan fingerprint density at radius 2 is 2.00 bits per heavy atom. The monoisotopic (exact) mass is 213 g/mol. The Bertz CT molecular complexity index is 218. The summed E-state index contributed by atoms with van der Waals surface area (Å²) < 4.78 is 0. The third kappa shape index (κ3) is 3.09. The van der Waals surface area contributed by atoms with Gasteiger partial charge in [0.1, 0.15) is 0 Å². The second-order valence-corrected chi connectivity index (χ2v) is 4.71. The van der Waals surface area contributed by atoms with Gasteiger partial charge in [-0.25, -0.2) is 4.79 Å². The third-order valence-electron chi connectivity index (χ3n) is 2.90. The number of rotatable bonds is 4. The van der Waals surface area contributed by atoms with E-state index in [1.165, 1.54) is 0 Å². The molecule has 1 aliphatic heterocycles. The second kappa shape index (κ2) is 5.35. The van der Waals surface area contributed by atoms with Crippen molar-refractivity contribution in [3.05, 3.63) is 0 Å². The van der Waals surface area contributed by atoms with Crippen LogP contribution in [0, 0.1) is 5.92 Å². The molecular formula is C11H23N3O. The van der Waals surface area contributed by atoms with Crippen LogP contribution in [0.2, 0.25) is 0 Å². The molecule has 4 nitrogen and oxygen atoms in total. The summed E-state index contributed by atoms with van der Waals surface area (Å²) in [5, 5.41) is 0. The minimum absolute atomic E-state index is 0.177. The van der Waals surface area contributed by atoms with E-state index in [0.29, 0.717) is 18.5 Å². The van der Waals surface area contributed by atoms with Crippen LogP contribution in [-0.2, 0) is 0 Å². The molecule has 0 radical (unpaired) electrons. The normalized spacial score (nSPS) is 19.9. The maximum Gasteiger partial charge on any atom is 0.320 e. The first kappa shape index (κ1) is 12.3. The Morgan fingerprint density at radius 3 is 2.53 bits per heavy atom. The maximum atomic E-state index is 12.0. The smallest absolute Gasteiger partial charge is 0.320 e. The first-order chi connectivity index (χ1) is 7.06. The maximum absolute atomic E-state index is 12.0. The number of hydrogen-bond acceptors (Lipinski definition) is 2. The summed E-state index contributed by atoms with van der Waals surface area (Å²) in [7, 11) is 0. The minimum atomic E-state index is 0.177. The van der Waals surface area contributed by atoms with Crippen molar-refractivity contribution < 1.29 is 4.79 Å². The highest BCUT2D eigenvalue weighted by Crippen LogP contribution is 2.13. The molecule has 1 atom stereocenters. The highest BCUT2D eigenvalue weighted by molar-refractivity contribution is 5.75. The fourth-order valence-electron chi connectivity index (χ4n) is 1.90. The van der Waals surface area contributed by atoms with E-state index in [-0.39, 0.29) is 6.03 Å². The predicted octanol–water partition coefficient (Wildman–Crippen LogP) is 1.12. The summed E-state index contributed by atoms with van der Waals surface area (Å²) >= 11 is 0. The molecule has 0 aliphatic carbocycles. The molecule has 4 heteroatoms. The van der Waals surface area contributed by atoms with Crippen LogP contribution in [0.3, 0.4) is 0 Å². The van der Waals surface area contributed by atoms with Crippen LogP contribution in [0.25, 0.3) is 0 Å². The minimum Gasteiger partial charge on any atom is -0.330 e. The van der Waals surface area contributed by atoms with Gasteiger partial charge in [0.25, 0.3) is 0 Å². The van der Waals surface area contributed by atoms with Gasteiger partial charge in [-0.15, -0.1) is 0 Å². The van der Waals surface area contributed by atoms with Crippen molar-refractivity contribution in [2.24, 2.45) is 11.7 Å². The van der Waals surface area contributed by atoms with Crippen LogP contribution < -0.4 is 5.73 Å². The van der Waals surface area contributed by atoms with Crippen LogP contribution in [0.15, 0.2) is 0 Å². The second-order valence-electron chi connectivity index (χ2n) is 4.71. The molecule has 1 aliphatic rings. The molecule has 1 heterocycles. The van der Waals surface area contributed by atoms with Crippen molar-refractivity contribution in [1.82, 2.24) is 9.80 Å². The quantitative estimate of drug-likeness (QED) is 0.760. The molecule has 0 saturated carbocycles. The van der Waals surface area contributed by atoms with Gasteiger partial charge >= 0.3 is 6.03 Å². The number of hydrogen-bond donors (Lipinski definition) is 1. The molecule has 2 N–H and O–H groups in total. The summed E-state index contributed by atoms with van der Waals surface area (Å²) in [4.78, 5) is 15.9. The van der Waals surface area contributed by atoms with Crippen LogP contribution in [-0.4, -0.2) is 48.1 Å². The van der Waals surface area contributed by atoms with Crippen LogP contribution in [0.5, 0.6) is 0 Å². The topological polar surface area (TPSA) is 49.6 Å². The largest absolute Gasteiger partial charge is 0.330 e. The standard InChI is InChI=1S/C11H23N3O/c1-9(2)14-6-4-5-13(11(14)15)8-10(3)7-12/h9-10H,4-8,12H2,1-3H3. The molecule has 0 aromatic rings. The Hall–Kier alpha value is -0.770. The van der Waals surface area contributed by atoms with E-state index in [4.69, 9.17) is 5.73 Å². The molecule has 1 fully saturated rings. The Kier molecular flexibility index (Phi) is 4.39. The average Bonchev–Trinajstić information content (AvgIpc) is 2.20. The number of nitrogens with zero attached hydrogens (tertiary/aromatic N) is 2. The van der Waals surface area contributed by atoms with Gasteiger partial charge < -0.3 is 15.5 Å². The number of amides is 2. The van der Waals surface area contributed by atoms with Crippen molar-refractivity contribution in [3.63, 3.8) is 0 Å². The zero-order valence-corrected chi connectivity index (χ0v) is 10.1. The molecule has 1 rings (SSSR count). The van der Waals surface area contributed by atoms with Gasteiger partial charge in [-0.05, 0) is 32.7 Å². The third-order valence-corrected chi connectivity index (χ3v) is 2.90. The van der Waals surface area contributed by atoms with Crippen molar-refractivity contribution in [1.29, 1.82) is 0 Å². The molecule has 15 heavy (non-hydrogen) atoms. The van der Waals surface area contributed by atoms with Crippen LogP contribution in [0.1, 0.15) is 27.2 Å². The summed E-state index contributed by atoms with van der Waals surface area (Å²) in [6.07, 6.45) is 1.07. The lowest BCUT2D eigenvalue weighted by atomic mass is 10.1. The molecule has 2 amide bonds. The molecule has 0 spiro atoms. The van der Waals surface area contributed by atoms with Crippen molar-refractivity contribution in [2.45, 2.75) is 33.2 Å². The highest BCUT2D eigenvalue weighted by Gasteiger charge is 2.27. The summed E-state index contributed by atoms with van der Waals surface area (Å²) in [5.41, 5.74) is 5.58. The number of urea groups is 1. The Balaban J connectivity index is 2.55. The number of carbonyl (C=O) groups is 1. The molecular weight excluding hydrogens is 190 g/mol. The molecule has 1 saturated heterocycles. The zero-order valence-electron chi connectivity index (χ0n) is 10.1. The Morgan fingerprint density at radius 1 is 1.33 bits per heavy atom. The van der Waals surface area contributed by atoms with Gasteiger partial charge in [0.05, 0.1) is 0 Å². The summed E-state index contributed by atoms with van der Waals surface area (Å²) in [6, 6.07) is 0.477. The van der Waals surface area contributed by atoms with Gasteiger partial charge in [-0.2, -0.15) is 0 Å². The van der Waals surface area contributed by atoms with E-state index in [1.807, 2.05) is 9.80 Å². The molecule has 0 aromatic heterocycles. The van der Waals surface area contributed by atoms with E-state index in [2.05, 4.69) is 20.8 Å². The van der Waals surface area contributed by atoms with Gasteiger partial charge in [-0.3, -0.25) is 0 Å². The van der Waals surface area contributed by atoms with Crippen LogP contribution >= 0.6 is 0 Å². The fourth-order valence-corrected chi connectivity index (χ4v) is 1.90. The van der Waals surface area contributed by atoms with Crippen molar-refractivity contribution >= 4 is 6.03 Å². The lowest BCUT2D eigenvalue weighted by Gasteiger charge is -2.38. The number of nitrogens with two attached hydrogens (primary N) is 1. The lowest BCUT2D eigenvalue weighted by Crippen LogP contribution is -2.53. The van der Waals surface area contributed by atoms with E-state index < -0.39 is 0 Å². The molecule has 0 aromatic carbocycles. The van der Waals surface area contributed by atoms with Crippen molar-refractivity contribution in [3.8, 4) is 0 Å². The summed E-state index contributed by atoms with van der Waals surface area (Å²) in [5.74, 6) is 0.390. The lowest BCUT2D eigenvalue weighted by molar-refractivity contribution is 0.110. The van der Waals surface area contributed by atoms with E-state index in [9.17, 15) is 4.79 Å². The predicted molar refractivity (Wildman–Crippen MR) is 61.6 cm³/mol. The first-order valence-electron chi connectivity index (χ1n) is 5.82. The molecule has 0 bridgehead atoms. The SMILES string of the molecule is CC(CN)CN1CCCN(C(C)C)C1=O. The van der Waals surface area contributed by atoms with Gasteiger partial charge in [0, 0.05) is 25.7 Å². The van der Waals surface area contributed by atoms with Crippen LogP contribution in [0.4, 0.5) is 4.79 Å². The number of carbonyl (C=O) groups excluding carboxylic acids is 1. The van der Waals surface area contributed by atoms with E-state index in [0.717, 1.165) is 26.1 Å². The van der Waals surface area contributed by atoms with Gasteiger partial charge in [-0.1, -0.05) is 6.92 Å². The zero-order chi connectivity index (χ0) is 11.4. The molecule has 1 unspecified atom stereocenters. The molecule has 88 valence electrons. The van der Waals surface area contributed by atoms with E-state index >= 15 is 0 Å². The highest BCUT2D eigenvalue weighted by atomic mass is 16.2. The van der Waals surface area contributed by atoms with Gasteiger partial charge in [0.2, 0.25) is 0 Å². The Labute approximate surface area is 92.4 Å².